The van der Waals surface area contributed by atoms with E-state index in [9.17, 15) is 4.79 Å². The average molecular weight is 216 g/mol. The van der Waals surface area contributed by atoms with E-state index in [2.05, 4.69) is 0 Å². The molecular formula is C11H24N2O2. The zero-order valence-corrected chi connectivity index (χ0v) is 10.8. The molecule has 0 atom stereocenters. The number of hydrogen-bond acceptors (Lipinski definition) is 3. The van der Waals surface area contributed by atoms with Crippen LogP contribution < -0.4 is 0 Å². The van der Waals surface area contributed by atoms with E-state index in [0.29, 0.717) is 0 Å². The summed E-state index contributed by atoms with van der Waals surface area (Å²) in [5.41, 5.74) is -0.252. The Morgan fingerprint density at radius 1 is 1.13 bits per heavy atom. The summed E-state index contributed by atoms with van der Waals surface area (Å²) < 4.78 is 5.41. The number of ether oxygens (including phenoxy) is 1. The first kappa shape index (κ1) is 14.4. The molecule has 0 unspecified atom stereocenters. The van der Waals surface area contributed by atoms with Crippen molar-refractivity contribution < 1.29 is 9.53 Å². The van der Waals surface area contributed by atoms with Crippen LogP contribution >= 0.6 is 0 Å². The minimum Gasteiger partial charge on any atom is -0.366 e. The lowest BCUT2D eigenvalue weighted by atomic mass is 10.2. The van der Waals surface area contributed by atoms with Gasteiger partial charge in [0.25, 0.3) is 0 Å². The first-order valence-electron chi connectivity index (χ1n) is 5.25. The second-order valence-corrected chi connectivity index (χ2v) is 5.02. The van der Waals surface area contributed by atoms with Gasteiger partial charge >= 0.3 is 0 Å². The van der Waals surface area contributed by atoms with E-state index in [-0.39, 0.29) is 18.1 Å². The molecule has 0 aliphatic rings. The number of carbonyl (C=O) groups excluding carboxylic acids is 1. The molecule has 0 aliphatic heterocycles. The van der Waals surface area contributed by atoms with E-state index in [0.717, 1.165) is 13.1 Å². The highest BCUT2D eigenvalue weighted by Gasteiger charge is 2.15. The van der Waals surface area contributed by atoms with Crippen LogP contribution in [0.2, 0.25) is 0 Å². The monoisotopic (exact) mass is 216 g/mol. The molecule has 0 fully saturated rings. The minimum atomic E-state index is -0.252. The van der Waals surface area contributed by atoms with Crippen LogP contribution in [0.5, 0.6) is 0 Å². The molecule has 0 bridgehead atoms. The van der Waals surface area contributed by atoms with Gasteiger partial charge in [0.05, 0.1) is 5.60 Å². The number of hydrogen-bond donors (Lipinski definition) is 0. The minimum absolute atomic E-state index is 0.0341. The third-order valence-electron chi connectivity index (χ3n) is 1.94. The molecule has 90 valence electrons. The Morgan fingerprint density at radius 2 is 1.67 bits per heavy atom. The highest BCUT2D eigenvalue weighted by Crippen LogP contribution is 2.06. The smallest absolute Gasteiger partial charge is 0.248 e. The first-order chi connectivity index (χ1) is 6.72. The van der Waals surface area contributed by atoms with Crippen LogP contribution in [-0.4, -0.2) is 62.1 Å². The van der Waals surface area contributed by atoms with Gasteiger partial charge in [0.1, 0.15) is 6.61 Å². The predicted molar refractivity (Wildman–Crippen MR) is 61.9 cm³/mol. The Kier molecular flexibility index (Phi) is 5.83. The summed E-state index contributed by atoms with van der Waals surface area (Å²) in [6.07, 6.45) is 0. The zero-order chi connectivity index (χ0) is 12.1. The highest BCUT2D eigenvalue weighted by molar-refractivity contribution is 5.77. The van der Waals surface area contributed by atoms with Gasteiger partial charge in [0.2, 0.25) is 5.91 Å². The molecular weight excluding hydrogens is 192 g/mol. The molecule has 0 N–H and O–H groups in total. The normalized spacial score (nSPS) is 11.9. The zero-order valence-electron chi connectivity index (χ0n) is 10.8. The van der Waals surface area contributed by atoms with Gasteiger partial charge in [-0.15, -0.1) is 0 Å². The lowest BCUT2D eigenvalue weighted by Gasteiger charge is -2.23. The van der Waals surface area contributed by atoms with Crippen molar-refractivity contribution in [3.8, 4) is 0 Å². The Hall–Kier alpha value is -0.610. The average Bonchev–Trinajstić information content (AvgIpc) is 2.08. The number of carbonyl (C=O) groups is 1. The van der Waals surface area contributed by atoms with Gasteiger partial charge in [0.15, 0.2) is 0 Å². The van der Waals surface area contributed by atoms with Gasteiger partial charge < -0.3 is 14.5 Å². The van der Waals surface area contributed by atoms with Gasteiger partial charge in [-0.25, -0.2) is 0 Å². The molecule has 15 heavy (non-hydrogen) atoms. The highest BCUT2D eigenvalue weighted by atomic mass is 16.5. The fourth-order valence-electron chi connectivity index (χ4n) is 0.863. The summed E-state index contributed by atoms with van der Waals surface area (Å²) >= 11 is 0. The van der Waals surface area contributed by atoms with E-state index in [4.69, 9.17) is 4.74 Å². The van der Waals surface area contributed by atoms with E-state index < -0.39 is 0 Å². The van der Waals surface area contributed by atoms with Gasteiger partial charge in [-0.05, 0) is 34.9 Å². The maximum absolute atomic E-state index is 11.6. The quantitative estimate of drug-likeness (QED) is 0.682. The maximum atomic E-state index is 11.6. The van der Waals surface area contributed by atoms with E-state index in [1.54, 1.807) is 11.9 Å². The largest absolute Gasteiger partial charge is 0.366 e. The molecule has 0 saturated carbocycles. The van der Waals surface area contributed by atoms with Crippen molar-refractivity contribution in [3.63, 3.8) is 0 Å². The second kappa shape index (κ2) is 6.08. The molecule has 0 aromatic carbocycles. The van der Waals surface area contributed by atoms with Crippen LogP contribution in [0.25, 0.3) is 0 Å². The molecule has 0 rings (SSSR count). The Labute approximate surface area is 93.2 Å². The Bertz CT molecular complexity index is 197. The molecule has 0 spiro atoms. The summed E-state index contributed by atoms with van der Waals surface area (Å²) in [6.45, 7) is 7.60. The van der Waals surface area contributed by atoms with Crippen LogP contribution in [0.3, 0.4) is 0 Å². The van der Waals surface area contributed by atoms with Gasteiger partial charge in [-0.3, -0.25) is 4.79 Å². The van der Waals surface area contributed by atoms with Crippen LogP contribution in [-0.2, 0) is 9.53 Å². The van der Waals surface area contributed by atoms with Crippen molar-refractivity contribution in [2.45, 2.75) is 26.4 Å². The second-order valence-electron chi connectivity index (χ2n) is 5.02. The molecule has 0 heterocycles. The Balaban J connectivity index is 3.80. The van der Waals surface area contributed by atoms with Crippen LogP contribution in [0.4, 0.5) is 0 Å². The molecule has 4 heteroatoms. The van der Waals surface area contributed by atoms with Crippen LogP contribution in [0, 0.1) is 0 Å². The molecule has 0 radical (unpaired) electrons. The van der Waals surface area contributed by atoms with Crippen molar-refractivity contribution >= 4 is 5.91 Å². The van der Waals surface area contributed by atoms with E-state index in [1.165, 1.54) is 0 Å². The standard InChI is InChI=1S/C11H24N2O2/c1-11(2,3)15-9-10(14)13(6)8-7-12(4)5/h7-9H2,1-6H3. The first-order valence-corrected chi connectivity index (χ1v) is 5.25. The van der Waals surface area contributed by atoms with Gasteiger partial charge in [0, 0.05) is 20.1 Å². The molecule has 4 nitrogen and oxygen atoms in total. The number of amides is 1. The predicted octanol–water partition coefficient (Wildman–Crippen LogP) is 0.821. The molecule has 0 saturated heterocycles. The van der Waals surface area contributed by atoms with E-state index >= 15 is 0 Å². The summed E-state index contributed by atoms with van der Waals surface area (Å²) in [6, 6.07) is 0. The van der Waals surface area contributed by atoms with Crippen LogP contribution in [0.1, 0.15) is 20.8 Å². The molecule has 0 aromatic rings. The number of nitrogens with zero attached hydrogens (tertiary/aromatic N) is 2. The third kappa shape index (κ3) is 8.39. The van der Waals surface area contributed by atoms with Crippen molar-refractivity contribution in [2.75, 3.05) is 40.8 Å². The molecule has 0 aliphatic carbocycles. The summed E-state index contributed by atoms with van der Waals surface area (Å²) in [4.78, 5) is 15.3. The van der Waals surface area contributed by atoms with E-state index in [1.807, 2.05) is 39.8 Å². The lowest BCUT2D eigenvalue weighted by Crippen LogP contribution is -2.37. The summed E-state index contributed by atoms with van der Waals surface area (Å²) in [7, 11) is 5.78. The summed E-state index contributed by atoms with van der Waals surface area (Å²) in [5, 5.41) is 0. The maximum Gasteiger partial charge on any atom is 0.248 e. The summed E-state index contributed by atoms with van der Waals surface area (Å²) in [5.74, 6) is 0.0341. The van der Waals surface area contributed by atoms with Crippen LogP contribution in [0.15, 0.2) is 0 Å². The fourth-order valence-corrected chi connectivity index (χ4v) is 0.863. The lowest BCUT2D eigenvalue weighted by molar-refractivity contribution is -0.139. The Morgan fingerprint density at radius 3 is 2.07 bits per heavy atom. The SMILES string of the molecule is CN(C)CCN(C)C(=O)COC(C)(C)C. The molecule has 0 aromatic heterocycles. The van der Waals surface area contributed by atoms with Gasteiger partial charge in [-0.2, -0.15) is 0 Å². The van der Waals surface area contributed by atoms with Crippen molar-refractivity contribution in [2.24, 2.45) is 0 Å². The van der Waals surface area contributed by atoms with Crippen molar-refractivity contribution in [1.82, 2.24) is 9.80 Å². The van der Waals surface area contributed by atoms with Crippen molar-refractivity contribution in [1.29, 1.82) is 0 Å². The van der Waals surface area contributed by atoms with Crippen molar-refractivity contribution in [3.05, 3.63) is 0 Å². The number of likely N-dealkylation sites (N-methyl/N-ethyl adjacent to an activating group) is 2. The topological polar surface area (TPSA) is 32.8 Å². The fraction of sp³-hybridized carbons (Fsp3) is 0.909. The number of rotatable bonds is 5. The molecule has 1 amide bonds. The van der Waals surface area contributed by atoms with Gasteiger partial charge in [-0.1, -0.05) is 0 Å². The third-order valence-corrected chi connectivity index (χ3v) is 1.94.